The molecule has 0 aromatic heterocycles. The minimum atomic E-state index is -0.403. The zero-order chi connectivity index (χ0) is 11.4. The Kier molecular flexibility index (Phi) is 12.7. The molecule has 0 atom stereocenters. The summed E-state index contributed by atoms with van der Waals surface area (Å²) in [6, 6.07) is 0. The van der Waals surface area contributed by atoms with Gasteiger partial charge in [0.2, 0.25) is 0 Å². The molecule has 0 aliphatic rings. The molecule has 0 rings (SSSR count). The molecule has 0 fully saturated rings. The summed E-state index contributed by atoms with van der Waals surface area (Å²) < 4.78 is 0. The molecule has 0 amide bonds. The Morgan fingerprint density at radius 1 is 1.21 bits per heavy atom. The summed E-state index contributed by atoms with van der Waals surface area (Å²) in [6.45, 7) is 7.77. The Morgan fingerprint density at radius 3 is 2.00 bits per heavy atom. The zero-order valence-electron chi connectivity index (χ0n) is 9.71. The largest absolute Gasteiger partial charge is 0.395 e. The van der Waals surface area contributed by atoms with Crippen LogP contribution in [0.3, 0.4) is 0 Å². The van der Waals surface area contributed by atoms with E-state index in [1.807, 2.05) is 0 Å². The predicted octanol–water partition coefficient (Wildman–Crippen LogP) is 0.0844. The Hall–Kier alpha value is -0.160. The number of rotatable bonds is 6. The summed E-state index contributed by atoms with van der Waals surface area (Å²) in [7, 11) is 0. The van der Waals surface area contributed by atoms with E-state index in [1.165, 1.54) is 12.8 Å². The first-order valence-electron chi connectivity index (χ1n) is 5.19. The van der Waals surface area contributed by atoms with Crippen molar-refractivity contribution in [2.75, 3.05) is 26.3 Å². The van der Waals surface area contributed by atoms with E-state index >= 15 is 0 Å². The second-order valence-corrected chi connectivity index (χ2v) is 3.97. The molecule has 0 aliphatic carbocycles. The quantitative estimate of drug-likeness (QED) is 0.464. The highest BCUT2D eigenvalue weighted by atomic mass is 16.3. The molecule has 0 heterocycles. The van der Waals surface area contributed by atoms with Gasteiger partial charge in [0.05, 0.1) is 13.2 Å². The first-order chi connectivity index (χ1) is 6.47. The van der Waals surface area contributed by atoms with Gasteiger partial charge in [-0.1, -0.05) is 13.3 Å². The molecule has 5 N–H and O–H groups in total. The molecule has 0 spiro atoms. The highest BCUT2D eigenvalue weighted by Gasteiger charge is 2.05. The molecule has 0 bridgehead atoms. The molecule has 0 aromatic rings. The fraction of sp³-hybridized carbons (Fsp3) is 1.00. The van der Waals surface area contributed by atoms with Gasteiger partial charge in [-0.05, 0) is 26.8 Å². The molecule has 14 heavy (non-hydrogen) atoms. The van der Waals surface area contributed by atoms with Crippen molar-refractivity contribution in [1.82, 2.24) is 5.32 Å². The van der Waals surface area contributed by atoms with Crippen LogP contribution in [0.2, 0.25) is 0 Å². The van der Waals surface area contributed by atoms with Gasteiger partial charge in [0.1, 0.15) is 0 Å². The predicted molar refractivity (Wildman–Crippen MR) is 60.2 cm³/mol. The molecule has 88 valence electrons. The van der Waals surface area contributed by atoms with E-state index in [4.69, 9.17) is 15.9 Å². The van der Waals surface area contributed by atoms with Crippen LogP contribution in [0.4, 0.5) is 0 Å². The van der Waals surface area contributed by atoms with Crippen LogP contribution in [0, 0.1) is 0 Å². The summed E-state index contributed by atoms with van der Waals surface area (Å²) in [4.78, 5) is 0. The lowest BCUT2D eigenvalue weighted by Gasteiger charge is -2.12. The summed E-state index contributed by atoms with van der Waals surface area (Å²) in [5, 5.41) is 19.7. The minimum Gasteiger partial charge on any atom is -0.395 e. The topological polar surface area (TPSA) is 78.5 Å². The monoisotopic (exact) mass is 206 g/mol. The third-order valence-electron chi connectivity index (χ3n) is 1.40. The Balaban J connectivity index is 0. The lowest BCUT2D eigenvalue weighted by molar-refractivity contribution is 0.221. The third kappa shape index (κ3) is 22.6. The van der Waals surface area contributed by atoms with Gasteiger partial charge in [-0.3, -0.25) is 0 Å². The van der Waals surface area contributed by atoms with E-state index in [0.29, 0.717) is 0 Å². The summed E-state index contributed by atoms with van der Waals surface area (Å²) in [6.07, 6.45) is 2.43. The van der Waals surface area contributed by atoms with Gasteiger partial charge >= 0.3 is 0 Å². The van der Waals surface area contributed by atoms with Crippen molar-refractivity contribution in [2.24, 2.45) is 5.73 Å². The summed E-state index contributed by atoms with van der Waals surface area (Å²) >= 11 is 0. The van der Waals surface area contributed by atoms with Gasteiger partial charge in [0.25, 0.3) is 0 Å². The molecule has 4 heteroatoms. The van der Waals surface area contributed by atoms with Crippen LogP contribution in [-0.2, 0) is 0 Å². The number of hydrogen-bond donors (Lipinski definition) is 4. The van der Waals surface area contributed by atoms with E-state index < -0.39 is 5.54 Å². The number of aliphatic hydroxyl groups is 2. The van der Waals surface area contributed by atoms with Gasteiger partial charge in [-0.25, -0.2) is 0 Å². The highest BCUT2D eigenvalue weighted by molar-refractivity contribution is 4.67. The second-order valence-electron chi connectivity index (χ2n) is 3.97. The SMILES string of the molecule is CC(C)(N)CO.CCCCNCCO. The molecule has 0 unspecified atom stereocenters. The average molecular weight is 206 g/mol. The van der Waals surface area contributed by atoms with E-state index in [1.54, 1.807) is 13.8 Å². The van der Waals surface area contributed by atoms with Crippen molar-refractivity contribution in [2.45, 2.75) is 39.2 Å². The molecule has 0 radical (unpaired) electrons. The van der Waals surface area contributed by atoms with Crippen molar-refractivity contribution in [3.63, 3.8) is 0 Å². The summed E-state index contributed by atoms with van der Waals surface area (Å²) in [5.74, 6) is 0. The Labute approximate surface area is 87.5 Å². The van der Waals surface area contributed by atoms with Crippen LogP contribution < -0.4 is 11.1 Å². The average Bonchev–Trinajstić information content (AvgIpc) is 2.13. The van der Waals surface area contributed by atoms with Gasteiger partial charge in [-0.15, -0.1) is 0 Å². The number of nitrogens with one attached hydrogen (secondary N) is 1. The van der Waals surface area contributed by atoms with Crippen molar-refractivity contribution in [3.05, 3.63) is 0 Å². The molecule has 0 aromatic carbocycles. The minimum absolute atomic E-state index is 0.0486. The first-order valence-corrected chi connectivity index (χ1v) is 5.19. The number of aliphatic hydroxyl groups excluding tert-OH is 2. The van der Waals surface area contributed by atoms with E-state index in [0.717, 1.165) is 13.1 Å². The lowest BCUT2D eigenvalue weighted by atomic mass is 10.1. The molecule has 0 aliphatic heterocycles. The van der Waals surface area contributed by atoms with Gasteiger partial charge in [0.15, 0.2) is 0 Å². The van der Waals surface area contributed by atoms with Gasteiger partial charge < -0.3 is 21.3 Å². The van der Waals surface area contributed by atoms with Crippen LogP contribution in [0.1, 0.15) is 33.6 Å². The van der Waals surface area contributed by atoms with Crippen molar-refractivity contribution >= 4 is 0 Å². The van der Waals surface area contributed by atoms with Crippen LogP contribution in [0.25, 0.3) is 0 Å². The lowest BCUT2D eigenvalue weighted by Crippen LogP contribution is -2.35. The third-order valence-corrected chi connectivity index (χ3v) is 1.40. The number of hydrogen-bond acceptors (Lipinski definition) is 4. The van der Waals surface area contributed by atoms with Crippen molar-refractivity contribution < 1.29 is 10.2 Å². The number of nitrogens with two attached hydrogens (primary N) is 1. The first kappa shape index (κ1) is 16.3. The number of unbranched alkanes of at least 4 members (excludes halogenated alkanes) is 1. The van der Waals surface area contributed by atoms with Crippen LogP contribution in [0.5, 0.6) is 0 Å². The molecular formula is C10H26N2O2. The zero-order valence-corrected chi connectivity index (χ0v) is 9.71. The normalized spacial score (nSPS) is 10.7. The Bertz CT molecular complexity index is 96.8. The van der Waals surface area contributed by atoms with Crippen LogP contribution in [0.15, 0.2) is 0 Å². The van der Waals surface area contributed by atoms with Crippen molar-refractivity contribution in [1.29, 1.82) is 0 Å². The summed E-state index contributed by atoms with van der Waals surface area (Å²) in [5.41, 5.74) is 4.88. The molecule has 0 saturated heterocycles. The molecule has 4 nitrogen and oxygen atoms in total. The highest BCUT2D eigenvalue weighted by Crippen LogP contribution is 1.90. The smallest absolute Gasteiger partial charge is 0.0605 e. The van der Waals surface area contributed by atoms with Crippen molar-refractivity contribution in [3.8, 4) is 0 Å². The molecule has 0 saturated carbocycles. The fourth-order valence-corrected chi connectivity index (χ4v) is 0.506. The van der Waals surface area contributed by atoms with Gasteiger partial charge in [-0.2, -0.15) is 0 Å². The second kappa shape index (κ2) is 10.9. The standard InChI is InChI=1S/C6H15NO.C4H11NO/c1-2-3-4-7-5-6-8;1-4(2,5)3-6/h7-8H,2-6H2,1H3;6H,3,5H2,1-2H3. The van der Waals surface area contributed by atoms with Crippen LogP contribution in [-0.4, -0.2) is 42.1 Å². The van der Waals surface area contributed by atoms with E-state index in [-0.39, 0.29) is 13.2 Å². The Morgan fingerprint density at radius 2 is 1.71 bits per heavy atom. The van der Waals surface area contributed by atoms with E-state index in [2.05, 4.69) is 12.2 Å². The maximum Gasteiger partial charge on any atom is 0.0605 e. The van der Waals surface area contributed by atoms with Crippen LogP contribution >= 0.6 is 0 Å². The van der Waals surface area contributed by atoms with E-state index in [9.17, 15) is 0 Å². The maximum absolute atomic E-state index is 8.30. The maximum atomic E-state index is 8.30. The molecular weight excluding hydrogens is 180 g/mol. The fourth-order valence-electron chi connectivity index (χ4n) is 0.506. The van der Waals surface area contributed by atoms with Gasteiger partial charge in [0, 0.05) is 12.1 Å².